The van der Waals surface area contributed by atoms with Crippen LogP contribution in [-0.4, -0.2) is 59.8 Å². The Kier molecular flexibility index (Phi) is 10.7. The van der Waals surface area contributed by atoms with Crippen LogP contribution < -0.4 is 24.0 Å². The maximum atomic E-state index is 15.3. The van der Waals surface area contributed by atoms with E-state index in [1.54, 1.807) is 74.5 Å². The van der Waals surface area contributed by atoms with Crippen molar-refractivity contribution in [3.8, 4) is 33.6 Å². The number of thiophene rings is 1. The second kappa shape index (κ2) is 16.2. The van der Waals surface area contributed by atoms with Crippen LogP contribution in [0.4, 0.5) is 11.5 Å². The number of phenols is 1. The average molecular weight is 944 g/mol. The number of anilines is 2. The number of phenolic OH excluding ortho intramolecular Hbond substituents is 1. The lowest BCUT2D eigenvalue weighted by Crippen LogP contribution is -2.49. The summed E-state index contributed by atoms with van der Waals surface area (Å²) in [6, 6.07) is 23.4. The Morgan fingerprint density at radius 1 is 0.833 bits per heavy atom. The normalized spacial score (nSPS) is 23.7. The fourth-order valence-electron chi connectivity index (χ4n) is 10.9. The highest BCUT2D eigenvalue weighted by atomic mass is 35.5. The van der Waals surface area contributed by atoms with Crippen LogP contribution in [-0.2, 0) is 26.2 Å². The second-order valence-electron chi connectivity index (χ2n) is 17.5. The first-order valence-electron chi connectivity index (χ1n) is 21.4. The van der Waals surface area contributed by atoms with Gasteiger partial charge in [0.2, 0.25) is 23.6 Å². The number of halogens is 2. The summed E-state index contributed by atoms with van der Waals surface area (Å²) in [6.45, 7) is 3.79. The molecule has 4 heterocycles. The zero-order valence-corrected chi connectivity index (χ0v) is 39.1. The van der Waals surface area contributed by atoms with Crippen LogP contribution in [0.25, 0.3) is 32.8 Å². The first-order chi connectivity index (χ1) is 31.7. The number of fused-ring (bicyclic) bond motifs is 5. The minimum Gasteiger partial charge on any atom is -0.503 e. The van der Waals surface area contributed by atoms with Crippen LogP contribution in [0.2, 0.25) is 10.0 Å². The van der Waals surface area contributed by atoms with E-state index < -0.39 is 46.8 Å². The summed E-state index contributed by atoms with van der Waals surface area (Å²) in [5, 5.41) is 17.3. The van der Waals surface area contributed by atoms with Gasteiger partial charge in [-0.1, -0.05) is 59.1 Å². The molecule has 15 heteroatoms. The number of nitrogens with zero attached hydrogens (tertiary/aromatic N) is 4. The van der Waals surface area contributed by atoms with Crippen molar-refractivity contribution >= 4 is 91.9 Å². The Hall–Kier alpha value is -6.41. The monoisotopic (exact) mass is 942 g/mol. The van der Waals surface area contributed by atoms with Crippen molar-refractivity contribution in [2.24, 2.45) is 36.1 Å². The third kappa shape index (κ3) is 6.57. The largest absolute Gasteiger partial charge is 0.503 e. The molecular weight excluding hydrogens is 900 g/mol. The van der Waals surface area contributed by atoms with Gasteiger partial charge in [0.25, 0.3) is 0 Å². The van der Waals surface area contributed by atoms with Gasteiger partial charge in [0.15, 0.2) is 11.5 Å². The van der Waals surface area contributed by atoms with E-state index in [9.17, 15) is 14.7 Å². The van der Waals surface area contributed by atoms with E-state index in [1.165, 1.54) is 16.9 Å². The average Bonchev–Trinajstić information content (AvgIpc) is 3.99. The fourth-order valence-corrected chi connectivity index (χ4v) is 12.4. The zero-order valence-electron chi connectivity index (χ0n) is 36.8. The topological polar surface area (TPSA) is 140 Å². The quantitative estimate of drug-likeness (QED) is 0.0852. The van der Waals surface area contributed by atoms with Crippen molar-refractivity contribution in [3.63, 3.8) is 0 Å². The zero-order chi connectivity index (χ0) is 46.5. The molecule has 10 rings (SSSR count). The van der Waals surface area contributed by atoms with Crippen molar-refractivity contribution < 1.29 is 38.5 Å². The van der Waals surface area contributed by atoms with Gasteiger partial charge < -0.3 is 19.3 Å². The van der Waals surface area contributed by atoms with Crippen molar-refractivity contribution in [3.05, 3.63) is 123 Å². The SMILES string of the molecule is COc1ccc(OC)c(C=Cc2ccc(N3C(=O)C4CC=C5C(CC6C(=O)N(c7cc(-c8sc9ccc(Cl)cc9c8C)nn7C)C(=O)C6(C)C5c5cc(Cl)c(O)c(OC)c5)C4C3=O)cc2)c1. The molecule has 3 fully saturated rings. The van der Waals surface area contributed by atoms with Crippen LogP contribution in [0.15, 0.2) is 90.5 Å². The number of hydrogen-bond donors (Lipinski definition) is 1. The van der Waals surface area contributed by atoms with Crippen LogP contribution in [0.3, 0.4) is 0 Å². The van der Waals surface area contributed by atoms with Crippen LogP contribution in [0.5, 0.6) is 23.0 Å². The van der Waals surface area contributed by atoms with Crippen LogP contribution in [0.1, 0.15) is 47.9 Å². The molecule has 6 unspecified atom stereocenters. The molecule has 2 aromatic heterocycles. The van der Waals surface area contributed by atoms with E-state index >= 15 is 9.59 Å². The lowest BCUT2D eigenvalue weighted by molar-refractivity contribution is -0.131. The molecule has 336 valence electrons. The number of ether oxygens (including phenoxy) is 3. The number of aromatic hydroxyl groups is 1. The van der Waals surface area contributed by atoms with Gasteiger partial charge in [-0.3, -0.25) is 28.8 Å². The molecule has 4 aromatic carbocycles. The molecule has 0 spiro atoms. The fraction of sp³-hybridized carbons (Fsp3) is 0.275. The van der Waals surface area contributed by atoms with Gasteiger partial charge >= 0.3 is 0 Å². The highest BCUT2D eigenvalue weighted by Crippen LogP contribution is 2.64. The van der Waals surface area contributed by atoms with Crippen molar-refractivity contribution in [2.45, 2.75) is 32.6 Å². The summed E-state index contributed by atoms with van der Waals surface area (Å²) in [7, 11) is 6.31. The molecule has 0 bridgehead atoms. The molecule has 12 nitrogen and oxygen atoms in total. The van der Waals surface area contributed by atoms with Gasteiger partial charge in [-0.25, -0.2) is 4.90 Å². The predicted molar refractivity (Wildman–Crippen MR) is 255 cm³/mol. The maximum Gasteiger partial charge on any atom is 0.242 e. The molecule has 2 aliphatic carbocycles. The number of methoxy groups -OCH3 is 3. The van der Waals surface area contributed by atoms with E-state index in [0.29, 0.717) is 39.3 Å². The Morgan fingerprint density at radius 3 is 2.32 bits per heavy atom. The third-order valence-electron chi connectivity index (χ3n) is 14.1. The molecule has 66 heavy (non-hydrogen) atoms. The maximum absolute atomic E-state index is 15.3. The lowest BCUT2D eigenvalue weighted by Gasteiger charge is -2.49. The van der Waals surface area contributed by atoms with E-state index in [0.717, 1.165) is 37.2 Å². The number of carbonyl (C=O) groups is 4. The van der Waals surface area contributed by atoms with Crippen LogP contribution in [0, 0.1) is 36.0 Å². The number of amides is 4. The lowest BCUT2D eigenvalue weighted by atomic mass is 9.51. The van der Waals surface area contributed by atoms with Gasteiger partial charge in [-0.05, 0) is 115 Å². The number of benzene rings is 4. The third-order valence-corrected chi connectivity index (χ3v) is 16.0. The molecule has 1 saturated carbocycles. The Bertz CT molecular complexity index is 3120. The molecular formula is C51H44Cl2N4O8S. The molecule has 0 radical (unpaired) electrons. The van der Waals surface area contributed by atoms with Gasteiger partial charge in [0, 0.05) is 34.3 Å². The van der Waals surface area contributed by atoms with Gasteiger partial charge in [-0.15, -0.1) is 11.3 Å². The van der Waals surface area contributed by atoms with Crippen molar-refractivity contribution in [1.82, 2.24) is 9.78 Å². The molecule has 2 aliphatic heterocycles. The highest BCUT2D eigenvalue weighted by Gasteiger charge is 2.68. The number of aromatic nitrogens is 2. The number of allylic oxidation sites excluding steroid dienone is 2. The van der Waals surface area contributed by atoms with E-state index in [1.807, 2.05) is 73.7 Å². The number of imide groups is 2. The van der Waals surface area contributed by atoms with Crippen molar-refractivity contribution in [2.75, 3.05) is 31.1 Å². The smallest absolute Gasteiger partial charge is 0.242 e. The summed E-state index contributed by atoms with van der Waals surface area (Å²) in [5.74, 6) is -3.81. The standard InChI is InChI=1S/C51H44Cl2N4O8S/c1-25-34-22-29(52)11-18-41(34)66-46(25)38-24-42(55(3)54-38)57-48(60)36-23-35-32(44(51(36,2)50(57)62)28-20-37(53)45(58)40(21-28)65-6)15-16-33-43(35)49(61)56(47(33)59)30-12-8-26(9-13-30)7-10-27-19-31(63-4)14-17-39(27)64-5/h7-15,17-22,24,33,35-36,43-44,58H,16,23H2,1-6H3. The van der Waals surface area contributed by atoms with Crippen molar-refractivity contribution in [1.29, 1.82) is 0 Å². The van der Waals surface area contributed by atoms with E-state index in [-0.39, 0.29) is 41.2 Å². The number of carbonyl (C=O) groups excluding carboxylic acids is 4. The molecule has 1 N–H and O–H groups in total. The first kappa shape index (κ1) is 43.5. The molecule has 4 amide bonds. The molecule has 6 atom stereocenters. The summed E-state index contributed by atoms with van der Waals surface area (Å²) < 4.78 is 19.0. The number of rotatable bonds is 9. The minimum atomic E-state index is -1.38. The first-order valence-corrected chi connectivity index (χ1v) is 23.0. The molecule has 6 aromatic rings. The van der Waals surface area contributed by atoms with Gasteiger partial charge in [-0.2, -0.15) is 5.10 Å². The number of hydrogen-bond acceptors (Lipinski definition) is 10. The molecule has 2 saturated heterocycles. The molecule has 4 aliphatic rings. The Balaban J connectivity index is 1.01. The summed E-state index contributed by atoms with van der Waals surface area (Å²) in [5.41, 5.74) is 3.59. The second-order valence-corrected chi connectivity index (χ2v) is 19.4. The van der Waals surface area contributed by atoms with E-state index in [2.05, 4.69) is 0 Å². The van der Waals surface area contributed by atoms with Crippen LogP contribution >= 0.6 is 34.5 Å². The van der Waals surface area contributed by atoms with Gasteiger partial charge in [0.05, 0.1) is 60.1 Å². The van der Waals surface area contributed by atoms with E-state index in [4.69, 9.17) is 42.5 Å². The minimum absolute atomic E-state index is 0.00465. The summed E-state index contributed by atoms with van der Waals surface area (Å²) in [6.07, 6.45) is 6.18. The Labute approximate surface area is 394 Å². The Morgan fingerprint density at radius 2 is 1.59 bits per heavy atom. The number of aryl methyl sites for hydroxylation is 2. The van der Waals surface area contributed by atoms with Gasteiger partial charge in [0.1, 0.15) is 23.0 Å². The highest BCUT2D eigenvalue weighted by molar-refractivity contribution is 7.22. The predicted octanol–water partition coefficient (Wildman–Crippen LogP) is 10.3. The summed E-state index contributed by atoms with van der Waals surface area (Å²) in [4.78, 5) is 63.1. The summed E-state index contributed by atoms with van der Waals surface area (Å²) >= 11 is 14.6.